The molecule has 0 bridgehead atoms. The van der Waals surface area contributed by atoms with Crippen molar-refractivity contribution in [3.8, 4) is 0 Å². The third-order valence-electron chi connectivity index (χ3n) is 2.24. The lowest BCUT2D eigenvalue weighted by Crippen LogP contribution is -2.05. The van der Waals surface area contributed by atoms with Crippen LogP contribution in [0.4, 0.5) is 5.13 Å². The van der Waals surface area contributed by atoms with Gasteiger partial charge in [-0.05, 0) is 31.5 Å². The fraction of sp³-hybridized carbons (Fsp3) is 0.273. The smallest absolute Gasteiger partial charge is 0.206 e. The number of anilines is 1. The summed E-state index contributed by atoms with van der Waals surface area (Å²) in [5.41, 5.74) is 1.18. The second-order valence-corrected chi connectivity index (χ2v) is 5.16. The first-order chi connectivity index (χ1) is 7.65. The Morgan fingerprint density at radius 3 is 2.50 bits per heavy atom. The molecule has 2 rings (SSSR count). The molecule has 0 saturated carbocycles. The Morgan fingerprint density at radius 1 is 1.25 bits per heavy atom. The summed E-state index contributed by atoms with van der Waals surface area (Å²) in [7, 11) is 0. The summed E-state index contributed by atoms with van der Waals surface area (Å²) in [5, 5.41) is 13.9. The van der Waals surface area contributed by atoms with Gasteiger partial charge in [-0.3, -0.25) is 0 Å². The van der Waals surface area contributed by atoms with Crippen molar-refractivity contribution in [1.29, 1.82) is 0 Å². The zero-order valence-electron chi connectivity index (χ0n) is 9.07. The molecule has 1 unspecified atom stereocenters. The summed E-state index contributed by atoms with van der Waals surface area (Å²) < 4.78 is 0. The van der Waals surface area contributed by atoms with Crippen molar-refractivity contribution in [2.24, 2.45) is 0 Å². The van der Waals surface area contributed by atoms with E-state index in [-0.39, 0.29) is 6.04 Å². The summed E-state index contributed by atoms with van der Waals surface area (Å²) in [6, 6.07) is 7.99. The highest BCUT2D eigenvalue weighted by molar-refractivity contribution is 7.15. The zero-order valence-corrected chi connectivity index (χ0v) is 10.6. The third kappa shape index (κ3) is 2.71. The highest BCUT2D eigenvalue weighted by Gasteiger charge is 2.07. The molecule has 0 aliphatic rings. The van der Waals surface area contributed by atoms with Crippen LogP contribution in [0.3, 0.4) is 0 Å². The van der Waals surface area contributed by atoms with Crippen LogP contribution in [0, 0.1) is 6.92 Å². The Kier molecular flexibility index (Phi) is 3.41. The molecule has 0 aliphatic heterocycles. The van der Waals surface area contributed by atoms with Gasteiger partial charge in [-0.1, -0.05) is 35.1 Å². The molecule has 1 aromatic carbocycles. The van der Waals surface area contributed by atoms with E-state index in [1.807, 2.05) is 31.2 Å². The molecule has 0 amide bonds. The van der Waals surface area contributed by atoms with Gasteiger partial charge in [0.15, 0.2) is 0 Å². The number of halogens is 1. The van der Waals surface area contributed by atoms with Crippen LogP contribution < -0.4 is 5.32 Å². The van der Waals surface area contributed by atoms with E-state index < -0.39 is 0 Å². The minimum atomic E-state index is 0.199. The average molecular weight is 254 g/mol. The van der Waals surface area contributed by atoms with Gasteiger partial charge in [-0.25, -0.2) is 0 Å². The molecule has 1 atom stereocenters. The minimum absolute atomic E-state index is 0.199. The number of nitrogens with one attached hydrogen (secondary N) is 1. The van der Waals surface area contributed by atoms with Gasteiger partial charge < -0.3 is 5.32 Å². The highest BCUT2D eigenvalue weighted by Crippen LogP contribution is 2.22. The van der Waals surface area contributed by atoms with Crippen molar-refractivity contribution in [2.45, 2.75) is 19.9 Å². The van der Waals surface area contributed by atoms with Crippen molar-refractivity contribution < 1.29 is 0 Å². The van der Waals surface area contributed by atoms with Crippen LogP contribution >= 0.6 is 22.9 Å². The number of rotatable bonds is 3. The molecule has 0 saturated heterocycles. The molecular formula is C11H12ClN3S. The molecule has 0 aliphatic carbocycles. The predicted molar refractivity (Wildman–Crippen MR) is 68.1 cm³/mol. The van der Waals surface area contributed by atoms with Crippen LogP contribution in [0.1, 0.15) is 23.5 Å². The Morgan fingerprint density at radius 2 is 1.94 bits per heavy atom. The average Bonchev–Trinajstić information content (AvgIpc) is 2.65. The van der Waals surface area contributed by atoms with Gasteiger partial charge in [0.05, 0.1) is 6.04 Å². The predicted octanol–water partition coefficient (Wildman–Crippen LogP) is 3.67. The summed E-state index contributed by atoms with van der Waals surface area (Å²) >= 11 is 7.39. The van der Waals surface area contributed by atoms with E-state index in [1.54, 1.807) is 11.3 Å². The lowest BCUT2D eigenvalue weighted by molar-refractivity contribution is 0.872. The van der Waals surface area contributed by atoms with Crippen LogP contribution in [0.15, 0.2) is 24.3 Å². The molecule has 0 fully saturated rings. The highest BCUT2D eigenvalue weighted by atomic mass is 35.5. The van der Waals surface area contributed by atoms with E-state index in [9.17, 15) is 0 Å². The normalized spacial score (nSPS) is 12.4. The SMILES string of the molecule is Cc1nnc(NC(C)c2ccc(Cl)cc2)s1. The van der Waals surface area contributed by atoms with Gasteiger partial charge in [0.1, 0.15) is 5.01 Å². The lowest BCUT2D eigenvalue weighted by Gasteiger charge is -2.12. The monoisotopic (exact) mass is 253 g/mol. The summed E-state index contributed by atoms with van der Waals surface area (Å²) in [6.07, 6.45) is 0. The van der Waals surface area contributed by atoms with E-state index in [2.05, 4.69) is 22.4 Å². The second-order valence-electron chi connectivity index (χ2n) is 3.54. The molecule has 1 heterocycles. The maximum absolute atomic E-state index is 5.84. The molecule has 2 aromatic rings. The fourth-order valence-corrected chi connectivity index (χ4v) is 2.18. The number of hydrogen-bond acceptors (Lipinski definition) is 4. The zero-order chi connectivity index (χ0) is 11.5. The molecule has 5 heteroatoms. The number of nitrogens with zero attached hydrogens (tertiary/aromatic N) is 2. The molecule has 1 N–H and O–H groups in total. The van der Waals surface area contributed by atoms with Gasteiger partial charge in [-0.2, -0.15) is 0 Å². The van der Waals surface area contributed by atoms with E-state index in [4.69, 9.17) is 11.6 Å². The standard InChI is InChI=1S/C11H12ClN3S/c1-7(9-3-5-10(12)6-4-9)13-11-15-14-8(2)16-11/h3-7H,1-2H3,(H,13,15). The molecule has 16 heavy (non-hydrogen) atoms. The van der Waals surface area contributed by atoms with Gasteiger partial charge in [0.2, 0.25) is 5.13 Å². The third-order valence-corrected chi connectivity index (χ3v) is 3.26. The van der Waals surface area contributed by atoms with Crippen LogP contribution in [0.25, 0.3) is 0 Å². The maximum Gasteiger partial charge on any atom is 0.206 e. The number of aryl methyl sites for hydroxylation is 1. The van der Waals surface area contributed by atoms with E-state index in [0.29, 0.717) is 0 Å². The number of hydrogen-bond donors (Lipinski definition) is 1. The number of benzene rings is 1. The van der Waals surface area contributed by atoms with Gasteiger partial charge in [0, 0.05) is 5.02 Å². The van der Waals surface area contributed by atoms with Gasteiger partial charge in [-0.15, -0.1) is 10.2 Å². The molecule has 3 nitrogen and oxygen atoms in total. The molecule has 0 spiro atoms. The van der Waals surface area contributed by atoms with Gasteiger partial charge >= 0.3 is 0 Å². The molecular weight excluding hydrogens is 242 g/mol. The Labute approximate surface area is 103 Å². The van der Waals surface area contributed by atoms with Crippen molar-refractivity contribution in [2.75, 3.05) is 5.32 Å². The topological polar surface area (TPSA) is 37.8 Å². The number of aromatic nitrogens is 2. The summed E-state index contributed by atoms with van der Waals surface area (Å²) in [5.74, 6) is 0. The lowest BCUT2D eigenvalue weighted by atomic mass is 10.1. The second kappa shape index (κ2) is 4.80. The van der Waals surface area contributed by atoms with Gasteiger partial charge in [0.25, 0.3) is 0 Å². The fourth-order valence-electron chi connectivity index (χ4n) is 1.37. The Bertz CT molecular complexity index is 466. The van der Waals surface area contributed by atoms with Crippen molar-refractivity contribution in [1.82, 2.24) is 10.2 Å². The first kappa shape index (κ1) is 11.4. The van der Waals surface area contributed by atoms with E-state index >= 15 is 0 Å². The molecule has 1 aromatic heterocycles. The molecule has 0 radical (unpaired) electrons. The van der Waals surface area contributed by atoms with Crippen molar-refractivity contribution in [3.63, 3.8) is 0 Å². The molecule has 84 valence electrons. The quantitative estimate of drug-likeness (QED) is 0.907. The Balaban J connectivity index is 2.08. The minimum Gasteiger partial charge on any atom is -0.354 e. The summed E-state index contributed by atoms with van der Waals surface area (Å²) in [6.45, 7) is 4.02. The van der Waals surface area contributed by atoms with Crippen LogP contribution in [-0.2, 0) is 0 Å². The largest absolute Gasteiger partial charge is 0.354 e. The van der Waals surface area contributed by atoms with Crippen LogP contribution in [0.5, 0.6) is 0 Å². The van der Waals surface area contributed by atoms with Crippen LogP contribution in [-0.4, -0.2) is 10.2 Å². The van der Waals surface area contributed by atoms with Crippen molar-refractivity contribution >= 4 is 28.1 Å². The van der Waals surface area contributed by atoms with E-state index in [0.717, 1.165) is 15.2 Å². The summed E-state index contributed by atoms with van der Waals surface area (Å²) in [4.78, 5) is 0. The maximum atomic E-state index is 5.84. The van der Waals surface area contributed by atoms with Crippen molar-refractivity contribution in [3.05, 3.63) is 39.9 Å². The first-order valence-corrected chi connectivity index (χ1v) is 6.16. The first-order valence-electron chi connectivity index (χ1n) is 4.97. The van der Waals surface area contributed by atoms with E-state index in [1.165, 1.54) is 5.56 Å². The Hall–Kier alpha value is -1.13. The van der Waals surface area contributed by atoms with Crippen LogP contribution in [0.2, 0.25) is 5.02 Å².